The summed E-state index contributed by atoms with van der Waals surface area (Å²) in [5.41, 5.74) is 4.04. The first-order chi connectivity index (χ1) is 12.8. The van der Waals surface area contributed by atoms with Crippen molar-refractivity contribution in [2.45, 2.75) is 40.2 Å². The smallest absolute Gasteiger partial charge is 0.306 e. The highest BCUT2D eigenvalue weighted by molar-refractivity contribution is 5.69. The molecule has 0 atom stereocenters. The first-order valence-electron chi connectivity index (χ1n) is 8.59. The second-order valence-corrected chi connectivity index (χ2v) is 6.41. The number of rotatable bonds is 6. The van der Waals surface area contributed by atoms with E-state index < -0.39 is 0 Å². The van der Waals surface area contributed by atoms with Crippen molar-refractivity contribution in [3.05, 3.63) is 52.4 Å². The Hall–Kier alpha value is -3.03. The van der Waals surface area contributed by atoms with Crippen LogP contribution in [0.25, 0.3) is 11.4 Å². The third-order valence-corrected chi connectivity index (χ3v) is 4.49. The molecule has 0 spiro atoms. The molecule has 0 saturated carbocycles. The van der Waals surface area contributed by atoms with Crippen LogP contribution in [0.1, 0.15) is 34.8 Å². The third kappa shape index (κ3) is 4.21. The summed E-state index contributed by atoms with van der Waals surface area (Å²) >= 11 is 0. The van der Waals surface area contributed by atoms with E-state index in [4.69, 9.17) is 9.26 Å². The highest BCUT2D eigenvalue weighted by atomic mass is 19.1. The second kappa shape index (κ2) is 7.69. The van der Waals surface area contributed by atoms with Crippen molar-refractivity contribution in [1.29, 1.82) is 0 Å². The lowest BCUT2D eigenvalue weighted by atomic mass is 10.1. The quantitative estimate of drug-likeness (QED) is 0.618. The highest BCUT2D eigenvalue weighted by Gasteiger charge is 2.14. The van der Waals surface area contributed by atoms with Gasteiger partial charge in [-0.25, -0.2) is 4.39 Å². The molecule has 0 saturated heterocycles. The number of ether oxygens (including phenoxy) is 1. The standard InChI is InChI=1S/C19H21FN4O3/c1-11-5-6-14(9-16(11)20)19-21-17(27-23-19)10-26-18(25)8-7-15-12(2)22-24(4)13(15)3/h5-6,9H,7-8,10H2,1-4H3. The average Bonchev–Trinajstić information content (AvgIpc) is 3.19. The van der Waals surface area contributed by atoms with Crippen LogP contribution in [0.4, 0.5) is 4.39 Å². The summed E-state index contributed by atoms with van der Waals surface area (Å²) in [5, 5.41) is 8.13. The summed E-state index contributed by atoms with van der Waals surface area (Å²) in [6.45, 7) is 5.44. The zero-order chi connectivity index (χ0) is 19.6. The van der Waals surface area contributed by atoms with Crippen LogP contribution in [0, 0.1) is 26.6 Å². The van der Waals surface area contributed by atoms with Crippen LogP contribution in [0.2, 0.25) is 0 Å². The van der Waals surface area contributed by atoms with Crippen molar-refractivity contribution in [2.75, 3.05) is 0 Å². The van der Waals surface area contributed by atoms with Gasteiger partial charge in [-0.15, -0.1) is 0 Å². The summed E-state index contributed by atoms with van der Waals surface area (Å²) in [5.74, 6) is -0.292. The largest absolute Gasteiger partial charge is 0.456 e. The lowest BCUT2D eigenvalue weighted by molar-refractivity contribution is -0.145. The molecule has 0 aliphatic heterocycles. The van der Waals surface area contributed by atoms with Gasteiger partial charge in [-0.1, -0.05) is 17.3 Å². The molecule has 0 aliphatic carbocycles. The predicted molar refractivity (Wildman–Crippen MR) is 95.2 cm³/mol. The first-order valence-corrected chi connectivity index (χ1v) is 8.59. The average molecular weight is 372 g/mol. The fourth-order valence-electron chi connectivity index (χ4n) is 2.78. The Morgan fingerprint density at radius 3 is 2.74 bits per heavy atom. The second-order valence-electron chi connectivity index (χ2n) is 6.41. The maximum atomic E-state index is 13.6. The molecule has 0 aliphatic rings. The Bertz CT molecular complexity index is 977. The van der Waals surface area contributed by atoms with Gasteiger partial charge in [0.05, 0.1) is 5.69 Å². The molecule has 0 radical (unpaired) electrons. The molecule has 1 aromatic carbocycles. The number of hydrogen-bond acceptors (Lipinski definition) is 6. The van der Waals surface area contributed by atoms with Crippen molar-refractivity contribution in [3.8, 4) is 11.4 Å². The maximum Gasteiger partial charge on any atom is 0.306 e. The van der Waals surface area contributed by atoms with Gasteiger partial charge in [-0.05, 0) is 44.4 Å². The molecule has 0 fully saturated rings. The Kier molecular flexibility index (Phi) is 5.34. The zero-order valence-electron chi connectivity index (χ0n) is 15.7. The van der Waals surface area contributed by atoms with Gasteiger partial charge in [0, 0.05) is 24.7 Å². The van der Waals surface area contributed by atoms with Gasteiger partial charge in [0.2, 0.25) is 5.82 Å². The molecule has 3 rings (SSSR count). The molecule has 0 N–H and O–H groups in total. The third-order valence-electron chi connectivity index (χ3n) is 4.49. The monoisotopic (exact) mass is 372 g/mol. The predicted octanol–water partition coefficient (Wildman–Crippen LogP) is 3.21. The van der Waals surface area contributed by atoms with Crippen molar-refractivity contribution in [2.24, 2.45) is 7.05 Å². The number of benzene rings is 1. The van der Waals surface area contributed by atoms with E-state index in [0.717, 1.165) is 17.0 Å². The zero-order valence-corrected chi connectivity index (χ0v) is 15.7. The number of hydrogen-bond donors (Lipinski definition) is 0. The van der Waals surface area contributed by atoms with Crippen LogP contribution in [0.3, 0.4) is 0 Å². The number of aryl methyl sites for hydroxylation is 3. The van der Waals surface area contributed by atoms with Crippen LogP contribution in [-0.2, 0) is 29.6 Å². The molecule has 27 heavy (non-hydrogen) atoms. The molecule has 0 amide bonds. The maximum absolute atomic E-state index is 13.6. The molecule has 8 heteroatoms. The van der Waals surface area contributed by atoms with Crippen LogP contribution >= 0.6 is 0 Å². The minimum Gasteiger partial charge on any atom is -0.456 e. The van der Waals surface area contributed by atoms with E-state index in [1.807, 2.05) is 20.9 Å². The minimum atomic E-state index is -0.362. The van der Waals surface area contributed by atoms with E-state index in [0.29, 0.717) is 17.5 Å². The van der Waals surface area contributed by atoms with Gasteiger partial charge in [-0.2, -0.15) is 10.1 Å². The molecule has 2 aromatic heterocycles. The van der Waals surface area contributed by atoms with Crippen molar-refractivity contribution >= 4 is 5.97 Å². The summed E-state index contributed by atoms with van der Waals surface area (Å²) in [4.78, 5) is 16.1. The Morgan fingerprint density at radius 1 is 1.30 bits per heavy atom. The van der Waals surface area contributed by atoms with Crippen LogP contribution in [0.5, 0.6) is 0 Å². The van der Waals surface area contributed by atoms with Gasteiger partial charge in [-0.3, -0.25) is 9.48 Å². The molecule has 142 valence electrons. The molecule has 0 bridgehead atoms. The minimum absolute atomic E-state index is 0.120. The summed E-state index contributed by atoms with van der Waals surface area (Å²) in [6, 6.07) is 4.69. The van der Waals surface area contributed by atoms with E-state index in [1.54, 1.807) is 23.7 Å². The normalized spacial score (nSPS) is 11.0. The Labute approximate surface area is 156 Å². The van der Waals surface area contributed by atoms with Gasteiger partial charge >= 0.3 is 5.97 Å². The fraction of sp³-hybridized carbons (Fsp3) is 0.368. The number of carbonyl (C=O) groups excluding carboxylic acids is 1. The molecule has 7 nitrogen and oxygen atoms in total. The SMILES string of the molecule is Cc1ccc(-c2noc(COC(=O)CCc3c(C)nn(C)c3C)n2)cc1F. The van der Waals surface area contributed by atoms with Gasteiger partial charge in [0.15, 0.2) is 6.61 Å². The highest BCUT2D eigenvalue weighted by Crippen LogP contribution is 2.19. The van der Waals surface area contributed by atoms with Crippen LogP contribution in [-0.4, -0.2) is 25.9 Å². The number of aromatic nitrogens is 4. The fourth-order valence-corrected chi connectivity index (χ4v) is 2.78. The van der Waals surface area contributed by atoms with Crippen molar-refractivity contribution in [3.63, 3.8) is 0 Å². The van der Waals surface area contributed by atoms with E-state index in [-0.39, 0.29) is 36.5 Å². The molecular formula is C19H21FN4O3. The number of halogens is 1. The Morgan fingerprint density at radius 2 is 2.07 bits per heavy atom. The van der Waals surface area contributed by atoms with E-state index >= 15 is 0 Å². The topological polar surface area (TPSA) is 83.0 Å². The van der Waals surface area contributed by atoms with Gasteiger partial charge in [0.1, 0.15) is 5.82 Å². The molecule has 3 aromatic rings. The summed E-state index contributed by atoms with van der Waals surface area (Å²) < 4.78 is 25.7. The van der Waals surface area contributed by atoms with Crippen molar-refractivity contribution in [1.82, 2.24) is 19.9 Å². The lowest BCUT2D eigenvalue weighted by Crippen LogP contribution is -2.07. The molecular weight excluding hydrogens is 351 g/mol. The number of carbonyl (C=O) groups is 1. The van der Waals surface area contributed by atoms with E-state index in [1.165, 1.54) is 6.07 Å². The number of nitrogens with zero attached hydrogens (tertiary/aromatic N) is 4. The van der Waals surface area contributed by atoms with Crippen molar-refractivity contribution < 1.29 is 18.4 Å². The summed E-state index contributed by atoms with van der Waals surface area (Å²) in [7, 11) is 1.87. The Balaban J connectivity index is 1.55. The van der Waals surface area contributed by atoms with Gasteiger partial charge < -0.3 is 9.26 Å². The van der Waals surface area contributed by atoms with Crippen LogP contribution < -0.4 is 0 Å². The van der Waals surface area contributed by atoms with E-state index in [9.17, 15) is 9.18 Å². The first kappa shape index (κ1) is 18.8. The summed E-state index contributed by atoms with van der Waals surface area (Å²) in [6.07, 6.45) is 0.791. The molecule has 2 heterocycles. The van der Waals surface area contributed by atoms with Gasteiger partial charge in [0.25, 0.3) is 5.89 Å². The molecule has 0 unspecified atom stereocenters. The number of esters is 1. The van der Waals surface area contributed by atoms with Crippen LogP contribution in [0.15, 0.2) is 22.7 Å². The van der Waals surface area contributed by atoms with E-state index in [2.05, 4.69) is 15.2 Å². The lowest BCUT2D eigenvalue weighted by Gasteiger charge is -2.03.